The normalized spacial score (nSPS) is 14.8. The van der Waals surface area contributed by atoms with E-state index in [1.807, 2.05) is 4.90 Å². The number of carbonyl (C=O) groups is 2. The van der Waals surface area contributed by atoms with Crippen molar-refractivity contribution in [2.45, 2.75) is 25.9 Å². The minimum Gasteiger partial charge on any atom is -0.493 e. The Kier molecular flexibility index (Phi) is 7.70. The topological polar surface area (TPSA) is 120 Å². The number of nitrogens with one attached hydrogen (secondary N) is 1. The Morgan fingerprint density at radius 3 is 2.39 bits per heavy atom. The molecule has 1 saturated heterocycles. The number of ether oxygens (including phenoxy) is 3. The number of nitro benzene ring substituents is 1. The third-order valence-corrected chi connectivity index (χ3v) is 5.56. The molecule has 3 rings (SSSR count). The van der Waals surface area contributed by atoms with E-state index in [0.29, 0.717) is 48.8 Å². The van der Waals surface area contributed by atoms with Gasteiger partial charge in [0.1, 0.15) is 5.69 Å². The highest BCUT2D eigenvalue weighted by molar-refractivity contribution is 5.95. The Hall–Kier alpha value is -3.82. The fourth-order valence-electron chi connectivity index (χ4n) is 3.72. The highest BCUT2D eigenvalue weighted by atomic mass is 16.6. The van der Waals surface area contributed by atoms with E-state index in [1.165, 1.54) is 27.2 Å². The SMILES string of the molecule is COc1ccc(NC(=O)C(C)OC(=O)C2CCN(c3ccccc3[N+](=O)[O-])CC2)cc1OC. The number of hydrogen-bond donors (Lipinski definition) is 1. The Morgan fingerprint density at radius 1 is 1.09 bits per heavy atom. The van der Waals surface area contributed by atoms with E-state index in [9.17, 15) is 19.7 Å². The van der Waals surface area contributed by atoms with Gasteiger partial charge in [0.15, 0.2) is 17.6 Å². The molecular formula is C23H27N3O7. The minimum absolute atomic E-state index is 0.0407. The average Bonchev–Trinajstić information content (AvgIpc) is 2.83. The second-order valence-electron chi connectivity index (χ2n) is 7.65. The Morgan fingerprint density at radius 2 is 1.76 bits per heavy atom. The molecule has 2 aromatic carbocycles. The van der Waals surface area contributed by atoms with Gasteiger partial charge in [0, 0.05) is 30.9 Å². The lowest BCUT2D eigenvalue weighted by molar-refractivity contribution is -0.384. The number of piperidine rings is 1. The molecule has 33 heavy (non-hydrogen) atoms. The van der Waals surface area contributed by atoms with Crippen LogP contribution in [-0.2, 0) is 14.3 Å². The molecule has 0 radical (unpaired) electrons. The van der Waals surface area contributed by atoms with Gasteiger partial charge < -0.3 is 24.4 Å². The van der Waals surface area contributed by atoms with Gasteiger partial charge in [-0.1, -0.05) is 12.1 Å². The lowest BCUT2D eigenvalue weighted by atomic mass is 9.96. The second kappa shape index (κ2) is 10.7. The van der Waals surface area contributed by atoms with E-state index in [-0.39, 0.29) is 11.6 Å². The number of anilines is 2. The predicted octanol–water partition coefficient (Wildman–Crippen LogP) is 3.40. The third kappa shape index (κ3) is 5.71. The number of rotatable bonds is 8. The maximum Gasteiger partial charge on any atom is 0.309 e. The van der Waals surface area contributed by atoms with Gasteiger partial charge >= 0.3 is 5.97 Å². The zero-order valence-corrected chi connectivity index (χ0v) is 18.8. The van der Waals surface area contributed by atoms with Crippen LogP contribution in [0.5, 0.6) is 11.5 Å². The monoisotopic (exact) mass is 457 g/mol. The van der Waals surface area contributed by atoms with E-state index in [2.05, 4.69) is 5.32 Å². The predicted molar refractivity (Wildman–Crippen MR) is 122 cm³/mol. The fraction of sp³-hybridized carbons (Fsp3) is 0.391. The van der Waals surface area contributed by atoms with Crippen LogP contribution in [0, 0.1) is 16.0 Å². The van der Waals surface area contributed by atoms with Crippen molar-refractivity contribution >= 4 is 28.9 Å². The minimum atomic E-state index is -0.987. The highest BCUT2D eigenvalue weighted by Gasteiger charge is 2.31. The molecule has 1 fully saturated rings. The van der Waals surface area contributed by atoms with Crippen molar-refractivity contribution in [1.29, 1.82) is 0 Å². The molecule has 1 aliphatic heterocycles. The fourth-order valence-corrected chi connectivity index (χ4v) is 3.72. The standard InChI is InChI=1S/C23H27N3O7/c1-15(22(27)24-17-8-9-20(31-2)21(14-17)32-3)33-23(28)16-10-12-25(13-11-16)18-6-4-5-7-19(18)26(29)30/h4-9,14-16H,10-13H2,1-3H3,(H,24,27). The van der Waals surface area contributed by atoms with E-state index < -0.39 is 22.9 Å². The summed E-state index contributed by atoms with van der Waals surface area (Å²) in [6.45, 7) is 2.48. The largest absolute Gasteiger partial charge is 0.493 e. The summed E-state index contributed by atoms with van der Waals surface area (Å²) in [7, 11) is 3.01. The molecule has 1 N–H and O–H groups in total. The Balaban J connectivity index is 1.53. The van der Waals surface area contributed by atoms with Crippen molar-refractivity contribution in [3.63, 3.8) is 0 Å². The molecule has 2 aromatic rings. The average molecular weight is 457 g/mol. The van der Waals surface area contributed by atoms with Gasteiger partial charge in [-0.3, -0.25) is 19.7 Å². The van der Waals surface area contributed by atoms with E-state index in [1.54, 1.807) is 36.4 Å². The van der Waals surface area contributed by atoms with E-state index in [0.717, 1.165) is 0 Å². The van der Waals surface area contributed by atoms with Crippen LogP contribution in [0.4, 0.5) is 17.1 Å². The molecule has 0 aliphatic carbocycles. The third-order valence-electron chi connectivity index (χ3n) is 5.56. The van der Waals surface area contributed by atoms with Crippen molar-refractivity contribution in [3.8, 4) is 11.5 Å². The van der Waals surface area contributed by atoms with Crippen LogP contribution in [0.1, 0.15) is 19.8 Å². The summed E-state index contributed by atoms with van der Waals surface area (Å²) in [6.07, 6.45) is -0.0251. The van der Waals surface area contributed by atoms with Gasteiger partial charge in [0.2, 0.25) is 0 Å². The van der Waals surface area contributed by atoms with Crippen LogP contribution in [0.25, 0.3) is 0 Å². The van der Waals surface area contributed by atoms with Gasteiger partial charge in [-0.05, 0) is 38.0 Å². The molecule has 1 unspecified atom stereocenters. The van der Waals surface area contributed by atoms with Crippen molar-refractivity contribution in [1.82, 2.24) is 0 Å². The number of nitro groups is 1. The Labute approximate surface area is 191 Å². The van der Waals surface area contributed by atoms with Crippen LogP contribution in [-0.4, -0.2) is 50.2 Å². The summed E-state index contributed by atoms with van der Waals surface area (Å²) >= 11 is 0. The number of methoxy groups -OCH3 is 2. The molecule has 1 heterocycles. The first-order valence-corrected chi connectivity index (χ1v) is 10.6. The van der Waals surface area contributed by atoms with Crippen LogP contribution in [0.3, 0.4) is 0 Å². The maximum atomic E-state index is 12.6. The van der Waals surface area contributed by atoms with Crippen LogP contribution < -0.4 is 19.7 Å². The summed E-state index contributed by atoms with van der Waals surface area (Å²) < 4.78 is 15.8. The van der Waals surface area contributed by atoms with Gasteiger partial charge in [-0.15, -0.1) is 0 Å². The molecule has 1 aliphatic rings. The van der Waals surface area contributed by atoms with Crippen LogP contribution in [0.2, 0.25) is 0 Å². The van der Waals surface area contributed by atoms with Crippen molar-refractivity contribution in [2.75, 3.05) is 37.5 Å². The lowest BCUT2D eigenvalue weighted by Gasteiger charge is -2.32. The first-order chi connectivity index (χ1) is 15.8. The number of hydrogen-bond acceptors (Lipinski definition) is 8. The van der Waals surface area contributed by atoms with E-state index in [4.69, 9.17) is 14.2 Å². The summed E-state index contributed by atoms with van der Waals surface area (Å²) in [6, 6.07) is 11.5. The van der Waals surface area contributed by atoms with Gasteiger partial charge in [0.05, 0.1) is 25.1 Å². The van der Waals surface area contributed by atoms with Crippen molar-refractivity contribution < 1.29 is 28.7 Å². The molecule has 0 spiro atoms. The molecule has 0 bridgehead atoms. The number of carbonyl (C=O) groups excluding carboxylic acids is 2. The molecule has 0 saturated carbocycles. The number of benzene rings is 2. The number of esters is 1. The summed E-state index contributed by atoms with van der Waals surface area (Å²) in [4.78, 5) is 37.9. The zero-order chi connectivity index (χ0) is 24.0. The lowest BCUT2D eigenvalue weighted by Crippen LogP contribution is -2.39. The summed E-state index contributed by atoms with van der Waals surface area (Å²) in [5, 5.41) is 14.0. The highest BCUT2D eigenvalue weighted by Crippen LogP contribution is 2.32. The molecule has 10 nitrogen and oxygen atoms in total. The Bertz CT molecular complexity index is 1020. The van der Waals surface area contributed by atoms with Crippen molar-refractivity contribution in [2.24, 2.45) is 5.92 Å². The van der Waals surface area contributed by atoms with Crippen molar-refractivity contribution in [3.05, 3.63) is 52.6 Å². The van der Waals surface area contributed by atoms with Crippen LogP contribution in [0.15, 0.2) is 42.5 Å². The number of para-hydroxylation sites is 2. The quantitative estimate of drug-likeness (QED) is 0.364. The van der Waals surface area contributed by atoms with Gasteiger partial charge in [0.25, 0.3) is 11.6 Å². The summed E-state index contributed by atoms with van der Waals surface area (Å²) in [5.41, 5.74) is 1.06. The number of amides is 1. The molecule has 176 valence electrons. The molecule has 0 aromatic heterocycles. The smallest absolute Gasteiger partial charge is 0.309 e. The number of nitrogens with zero attached hydrogens (tertiary/aromatic N) is 2. The molecule has 1 amide bonds. The van der Waals surface area contributed by atoms with Crippen LogP contribution >= 0.6 is 0 Å². The zero-order valence-electron chi connectivity index (χ0n) is 18.8. The molecule has 10 heteroatoms. The first-order valence-electron chi connectivity index (χ1n) is 10.6. The molecular weight excluding hydrogens is 430 g/mol. The van der Waals surface area contributed by atoms with Gasteiger partial charge in [-0.2, -0.15) is 0 Å². The second-order valence-corrected chi connectivity index (χ2v) is 7.65. The maximum absolute atomic E-state index is 12.6. The first kappa shape index (κ1) is 23.8. The summed E-state index contributed by atoms with van der Waals surface area (Å²) in [5.74, 6) is -0.298. The molecule has 1 atom stereocenters. The van der Waals surface area contributed by atoms with E-state index >= 15 is 0 Å². The van der Waals surface area contributed by atoms with Gasteiger partial charge in [-0.25, -0.2) is 0 Å².